The van der Waals surface area contributed by atoms with Gasteiger partial charge in [0, 0.05) is 12.7 Å². The molecule has 0 aliphatic carbocycles. The number of carbonyl (C=O) groups is 2. The molecular formula is C14H14I2O4. The van der Waals surface area contributed by atoms with Crippen molar-refractivity contribution in [1.29, 1.82) is 0 Å². The Morgan fingerprint density at radius 1 is 1.25 bits per heavy atom. The van der Waals surface area contributed by atoms with E-state index in [9.17, 15) is 9.59 Å². The average Bonchev–Trinajstić information content (AvgIpc) is 2.34. The molecule has 0 bridgehead atoms. The molecule has 0 radical (unpaired) electrons. The third kappa shape index (κ3) is 5.78. The lowest BCUT2D eigenvalue weighted by atomic mass is 10.2. The van der Waals surface area contributed by atoms with E-state index >= 15 is 0 Å². The summed E-state index contributed by atoms with van der Waals surface area (Å²) in [5, 5.41) is 0. The van der Waals surface area contributed by atoms with Crippen molar-refractivity contribution in [1.82, 2.24) is 0 Å². The van der Waals surface area contributed by atoms with E-state index in [1.54, 1.807) is 26.0 Å². The van der Waals surface area contributed by atoms with Gasteiger partial charge in [0.1, 0.15) is 12.7 Å². The van der Waals surface area contributed by atoms with Crippen LogP contribution in [0.5, 0.6) is 0 Å². The maximum Gasteiger partial charge on any atom is 0.338 e. The fourth-order valence-corrected chi connectivity index (χ4v) is 3.21. The van der Waals surface area contributed by atoms with E-state index in [4.69, 9.17) is 9.47 Å². The van der Waals surface area contributed by atoms with Gasteiger partial charge in [0.05, 0.1) is 5.56 Å². The lowest BCUT2D eigenvalue weighted by Crippen LogP contribution is -2.22. The van der Waals surface area contributed by atoms with Crippen LogP contribution in [0.1, 0.15) is 24.2 Å². The minimum atomic E-state index is -0.513. The van der Waals surface area contributed by atoms with Crippen LogP contribution in [0.4, 0.5) is 0 Å². The highest BCUT2D eigenvalue weighted by Crippen LogP contribution is 2.15. The molecule has 1 rings (SSSR count). The Hall–Kier alpha value is -0.640. The zero-order valence-corrected chi connectivity index (χ0v) is 15.4. The highest BCUT2D eigenvalue weighted by atomic mass is 127. The van der Waals surface area contributed by atoms with E-state index < -0.39 is 18.0 Å². The van der Waals surface area contributed by atoms with E-state index in [0.717, 1.165) is 7.14 Å². The highest BCUT2D eigenvalue weighted by Gasteiger charge is 2.15. The predicted molar refractivity (Wildman–Crippen MR) is 92.5 cm³/mol. The Bertz CT molecular complexity index is 520. The molecule has 0 fully saturated rings. The minimum Gasteiger partial charge on any atom is -0.458 e. The summed E-state index contributed by atoms with van der Waals surface area (Å²) < 4.78 is 12.1. The number of benzene rings is 1. The van der Waals surface area contributed by atoms with Gasteiger partial charge in [-0.15, -0.1) is 0 Å². The first-order valence-electron chi connectivity index (χ1n) is 5.79. The molecule has 0 saturated carbocycles. The molecule has 0 heterocycles. The van der Waals surface area contributed by atoms with Gasteiger partial charge in [0.25, 0.3) is 0 Å². The van der Waals surface area contributed by atoms with Crippen molar-refractivity contribution in [3.8, 4) is 0 Å². The second-order valence-electron chi connectivity index (χ2n) is 4.25. The molecule has 0 spiro atoms. The number of hydrogen-bond acceptors (Lipinski definition) is 4. The summed E-state index contributed by atoms with van der Waals surface area (Å²) >= 11 is 4.28. The first kappa shape index (κ1) is 17.4. The van der Waals surface area contributed by atoms with Gasteiger partial charge in [-0.3, -0.25) is 0 Å². The molecule has 0 aliphatic rings. The molecular weight excluding hydrogens is 486 g/mol. The molecule has 0 amide bonds. The summed E-state index contributed by atoms with van der Waals surface area (Å²) in [7, 11) is 0. The molecule has 108 valence electrons. The maximum atomic E-state index is 12.0. The number of halogens is 2. The van der Waals surface area contributed by atoms with Crippen molar-refractivity contribution in [2.45, 2.75) is 20.0 Å². The summed E-state index contributed by atoms with van der Waals surface area (Å²) in [6.07, 6.45) is -0.513. The number of ether oxygens (including phenoxy) is 2. The maximum absolute atomic E-state index is 12.0. The lowest BCUT2D eigenvalue weighted by molar-refractivity contribution is -0.141. The molecule has 6 heteroatoms. The third-order valence-electron chi connectivity index (χ3n) is 2.20. The zero-order chi connectivity index (χ0) is 15.3. The summed E-state index contributed by atoms with van der Waals surface area (Å²) in [4.78, 5) is 23.2. The summed E-state index contributed by atoms with van der Waals surface area (Å²) in [5.41, 5.74) is 0.801. The van der Waals surface area contributed by atoms with Crippen molar-refractivity contribution >= 4 is 57.1 Å². The minimum absolute atomic E-state index is 0.0124. The van der Waals surface area contributed by atoms with Crippen LogP contribution >= 0.6 is 45.2 Å². The van der Waals surface area contributed by atoms with Crippen LogP contribution in [-0.2, 0) is 14.3 Å². The highest BCUT2D eigenvalue weighted by molar-refractivity contribution is 14.1. The van der Waals surface area contributed by atoms with E-state index in [0.29, 0.717) is 11.1 Å². The van der Waals surface area contributed by atoms with Crippen molar-refractivity contribution in [2.75, 3.05) is 6.61 Å². The first-order valence-corrected chi connectivity index (χ1v) is 7.95. The molecule has 1 atom stereocenters. The third-order valence-corrected chi connectivity index (χ3v) is 3.45. The normalized spacial score (nSPS) is 11.6. The number of rotatable bonds is 5. The zero-order valence-electron chi connectivity index (χ0n) is 11.1. The van der Waals surface area contributed by atoms with Gasteiger partial charge in [0.2, 0.25) is 0 Å². The van der Waals surface area contributed by atoms with Crippen LogP contribution in [0.25, 0.3) is 0 Å². The second-order valence-corrected chi connectivity index (χ2v) is 6.74. The van der Waals surface area contributed by atoms with E-state index in [2.05, 4.69) is 51.8 Å². The van der Waals surface area contributed by atoms with Gasteiger partial charge in [-0.25, -0.2) is 9.59 Å². The van der Waals surface area contributed by atoms with Gasteiger partial charge < -0.3 is 9.47 Å². The Labute approximate surface area is 145 Å². The van der Waals surface area contributed by atoms with Gasteiger partial charge in [0.15, 0.2) is 0 Å². The predicted octanol–water partition coefficient (Wildman–Crippen LogP) is 3.56. The number of esters is 2. The van der Waals surface area contributed by atoms with Crippen LogP contribution in [0.2, 0.25) is 0 Å². The Kier molecular flexibility index (Phi) is 6.93. The van der Waals surface area contributed by atoms with Gasteiger partial charge in [-0.1, -0.05) is 6.58 Å². The van der Waals surface area contributed by atoms with Crippen LogP contribution in [-0.4, -0.2) is 24.6 Å². The second kappa shape index (κ2) is 7.96. The first-order chi connectivity index (χ1) is 9.29. The molecule has 0 aromatic heterocycles. The van der Waals surface area contributed by atoms with Crippen LogP contribution in [0, 0.1) is 7.14 Å². The number of carbonyl (C=O) groups excluding carboxylic acids is 2. The standard InChI is InChI=1S/C14H14I2O4/c1-8(2)13(17)19-7-9(3)20-14(18)10-4-11(15)6-12(16)5-10/h4-6,9H,1,7H2,2-3H3. The van der Waals surface area contributed by atoms with Gasteiger partial charge in [-0.05, 0) is 77.2 Å². The molecule has 1 aromatic carbocycles. The van der Waals surface area contributed by atoms with Crippen molar-refractivity contribution in [2.24, 2.45) is 0 Å². The van der Waals surface area contributed by atoms with Crippen molar-refractivity contribution in [3.05, 3.63) is 43.1 Å². The molecule has 1 aromatic rings. The average molecular weight is 500 g/mol. The Balaban J connectivity index is 2.57. The Morgan fingerprint density at radius 3 is 2.30 bits per heavy atom. The fourth-order valence-electron chi connectivity index (χ4n) is 1.27. The van der Waals surface area contributed by atoms with Gasteiger partial charge in [-0.2, -0.15) is 0 Å². The molecule has 4 nitrogen and oxygen atoms in total. The smallest absolute Gasteiger partial charge is 0.338 e. The molecule has 1 unspecified atom stereocenters. The largest absolute Gasteiger partial charge is 0.458 e. The van der Waals surface area contributed by atoms with Gasteiger partial charge >= 0.3 is 11.9 Å². The van der Waals surface area contributed by atoms with Crippen molar-refractivity contribution < 1.29 is 19.1 Å². The van der Waals surface area contributed by atoms with E-state index in [-0.39, 0.29) is 6.61 Å². The van der Waals surface area contributed by atoms with Crippen molar-refractivity contribution in [3.63, 3.8) is 0 Å². The summed E-state index contributed by atoms with van der Waals surface area (Å²) in [6, 6.07) is 5.45. The van der Waals surface area contributed by atoms with E-state index in [1.165, 1.54) is 0 Å². The molecule has 0 aliphatic heterocycles. The SMILES string of the molecule is C=C(C)C(=O)OCC(C)OC(=O)c1cc(I)cc(I)c1. The topological polar surface area (TPSA) is 52.6 Å². The van der Waals surface area contributed by atoms with E-state index in [1.807, 2.05) is 6.07 Å². The van der Waals surface area contributed by atoms with Crippen LogP contribution in [0.15, 0.2) is 30.4 Å². The lowest BCUT2D eigenvalue weighted by Gasteiger charge is -2.14. The van der Waals surface area contributed by atoms with Crippen LogP contribution < -0.4 is 0 Å². The Morgan fingerprint density at radius 2 is 1.80 bits per heavy atom. The monoisotopic (exact) mass is 500 g/mol. The fraction of sp³-hybridized carbons (Fsp3) is 0.286. The number of hydrogen-bond donors (Lipinski definition) is 0. The molecule has 20 heavy (non-hydrogen) atoms. The molecule has 0 N–H and O–H groups in total. The summed E-state index contributed by atoms with van der Waals surface area (Å²) in [5.74, 6) is -0.919. The van der Waals surface area contributed by atoms with Crippen LogP contribution in [0.3, 0.4) is 0 Å². The quantitative estimate of drug-likeness (QED) is 0.353. The molecule has 0 saturated heterocycles. The summed E-state index contributed by atoms with van der Waals surface area (Å²) in [6.45, 7) is 6.72.